The van der Waals surface area contributed by atoms with Gasteiger partial charge in [-0.3, -0.25) is 19.3 Å². The van der Waals surface area contributed by atoms with Gasteiger partial charge in [-0.2, -0.15) is 0 Å². The molecule has 0 radical (unpaired) electrons. The first-order valence-electron chi connectivity index (χ1n) is 10.0. The van der Waals surface area contributed by atoms with Gasteiger partial charge >= 0.3 is 0 Å². The van der Waals surface area contributed by atoms with Gasteiger partial charge in [0.05, 0.1) is 11.1 Å². The number of rotatable bonds is 4. The highest BCUT2D eigenvalue weighted by Gasteiger charge is 2.37. The number of piperidine rings is 1. The number of anilines is 1. The first kappa shape index (κ1) is 19.2. The van der Waals surface area contributed by atoms with E-state index in [4.69, 9.17) is 0 Å². The second kappa shape index (κ2) is 7.70. The van der Waals surface area contributed by atoms with Crippen molar-refractivity contribution in [2.45, 2.75) is 32.7 Å². The van der Waals surface area contributed by atoms with Gasteiger partial charge in [-0.05, 0) is 62.1 Å². The van der Waals surface area contributed by atoms with E-state index >= 15 is 0 Å². The molecule has 3 amide bonds. The lowest BCUT2D eigenvalue weighted by molar-refractivity contribution is -0.132. The van der Waals surface area contributed by atoms with Gasteiger partial charge in [0, 0.05) is 24.8 Å². The molecule has 29 heavy (non-hydrogen) atoms. The lowest BCUT2D eigenvalue weighted by Gasteiger charge is -2.34. The predicted molar refractivity (Wildman–Crippen MR) is 111 cm³/mol. The van der Waals surface area contributed by atoms with Gasteiger partial charge in [0.1, 0.15) is 6.54 Å². The van der Waals surface area contributed by atoms with Gasteiger partial charge in [-0.25, -0.2) is 0 Å². The minimum atomic E-state index is -0.388. The number of nitrogens with one attached hydrogen (secondary N) is 1. The molecule has 0 saturated carbocycles. The van der Waals surface area contributed by atoms with Crippen molar-refractivity contribution in [2.24, 2.45) is 0 Å². The number of carbonyl (C=O) groups excluding carboxylic acids is 3. The van der Waals surface area contributed by atoms with E-state index in [0.29, 0.717) is 24.2 Å². The zero-order valence-electron chi connectivity index (χ0n) is 16.8. The molecular weight excluding hydrogens is 366 g/mol. The summed E-state index contributed by atoms with van der Waals surface area (Å²) < 4.78 is 0. The van der Waals surface area contributed by atoms with Crippen molar-refractivity contribution in [1.82, 2.24) is 9.80 Å². The number of hydrogen-bond acceptors (Lipinski definition) is 4. The Kier molecular flexibility index (Phi) is 5.09. The fourth-order valence-corrected chi connectivity index (χ4v) is 4.01. The van der Waals surface area contributed by atoms with E-state index < -0.39 is 0 Å². The summed E-state index contributed by atoms with van der Waals surface area (Å²) in [6.45, 7) is 5.17. The summed E-state index contributed by atoms with van der Waals surface area (Å²) in [5.41, 5.74) is 4.27. The highest BCUT2D eigenvalue weighted by molar-refractivity contribution is 6.22. The van der Waals surface area contributed by atoms with Crippen LogP contribution in [0.15, 0.2) is 42.5 Å². The summed E-state index contributed by atoms with van der Waals surface area (Å²) in [5, 5.41) is 3.52. The first-order chi connectivity index (χ1) is 13.9. The maximum Gasteiger partial charge on any atom is 0.262 e. The molecule has 150 valence electrons. The fraction of sp³-hybridized carbons (Fsp3) is 0.348. The van der Waals surface area contributed by atoms with Crippen molar-refractivity contribution in [1.29, 1.82) is 0 Å². The number of nitrogens with zero attached hydrogens (tertiary/aromatic N) is 2. The Balaban J connectivity index is 1.40. The Morgan fingerprint density at radius 3 is 2.38 bits per heavy atom. The van der Waals surface area contributed by atoms with Crippen LogP contribution < -0.4 is 5.32 Å². The number of aryl methyl sites for hydroxylation is 2. The Bertz CT molecular complexity index is 950. The highest BCUT2D eigenvalue weighted by Crippen LogP contribution is 2.23. The molecule has 6 heteroatoms. The third-order valence-corrected chi connectivity index (χ3v) is 5.82. The standard InChI is InChI=1S/C23H25N3O3/c1-15-9-10-17(12-16(15)2)24-18-6-5-11-25(13-18)21(27)14-26-22(28)19-7-3-4-8-20(19)23(26)29/h3-4,7-10,12,18,24H,5-6,11,13-14H2,1-2H3/t18-/m0/s1. The quantitative estimate of drug-likeness (QED) is 0.814. The van der Waals surface area contributed by atoms with Crippen LogP contribution in [0.4, 0.5) is 5.69 Å². The first-order valence-corrected chi connectivity index (χ1v) is 10.0. The number of fused-ring (bicyclic) bond motifs is 1. The van der Waals surface area contributed by atoms with Gasteiger partial charge < -0.3 is 10.2 Å². The topological polar surface area (TPSA) is 69.7 Å². The highest BCUT2D eigenvalue weighted by atomic mass is 16.2. The Morgan fingerprint density at radius 2 is 1.72 bits per heavy atom. The van der Waals surface area contributed by atoms with Crippen molar-refractivity contribution in [3.8, 4) is 0 Å². The second-order valence-electron chi connectivity index (χ2n) is 7.86. The number of likely N-dealkylation sites (tertiary alicyclic amines) is 1. The van der Waals surface area contributed by atoms with Crippen LogP contribution in [-0.4, -0.2) is 53.2 Å². The molecule has 2 aliphatic rings. The molecule has 2 heterocycles. The molecule has 2 aromatic rings. The van der Waals surface area contributed by atoms with Crippen LogP contribution in [0.25, 0.3) is 0 Å². The van der Waals surface area contributed by atoms with Gasteiger partial charge in [-0.15, -0.1) is 0 Å². The molecule has 0 bridgehead atoms. The van der Waals surface area contributed by atoms with E-state index in [1.165, 1.54) is 11.1 Å². The largest absolute Gasteiger partial charge is 0.381 e. The number of imide groups is 1. The zero-order valence-corrected chi connectivity index (χ0v) is 16.8. The lowest BCUT2D eigenvalue weighted by Crippen LogP contribution is -2.49. The molecule has 6 nitrogen and oxygen atoms in total. The van der Waals surface area contributed by atoms with E-state index in [0.717, 1.165) is 23.4 Å². The van der Waals surface area contributed by atoms with Crippen molar-refractivity contribution in [3.63, 3.8) is 0 Å². The Morgan fingerprint density at radius 1 is 1.03 bits per heavy atom. The molecule has 1 saturated heterocycles. The van der Waals surface area contributed by atoms with Crippen molar-refractivity contribution in [2.75, 3.05) is 25.0 Å². The molecular formula is C23H25N3O3. The summed E-state index contributed by atoms with van der Waals surface area (Å²) in [5.74, 6) is -0.965. The molecule has 0 aromatic heterocycles. The smallest absolute Gasteiger partial charge is 0.262 e. The summed E-state index contributed by atoms with van der Waals surface area (Å²) in [6, 6.07) is 13.1. The zero-order chi connectivity index (χ0) is 20.5. The maximum absolute atomic E-state index is 12.8. The normalized spacial score (nSPS) is 18.8. The monoisotopic (exact) mass is 391 g/mol. The molecule has 1 fully saturated rings. The van der Waals surface area contributed by atoms with E-state index in [1.807, 2.05) is 0 Å². The molecule has 0 unspecified atom stereocenters. The van der Waals surface area contributed by atoms with E-state index in [-0.39, 0.29) is 30.3 Å². The number of benzene rings is 2. The summed E-state index contributed by atoms with van der Waals surface area (Å²) in [4.78, 5) is 40.7. The van der Waals surface area contributed by atoms with Gasteiger partial charge in [0.25, 0.3) is 11.8 Å². The molecule has 2 aromatic carbocycles. The second-order valence-corrected chi connectivity index (χ2v) is 7.86. The molecule has 0 spiro atoms. The average Bonchev–Trinajstić information content (AvgIpc) is 2.96. The summed E-state index contributed by atoms with van der Waals surface area (Å²) >= 11 is 0. The van der Waals surface area contributed by atoms with E-state index in [2.05, 4.69) is 37.4 Å². The fourth-order valence-electron chi connectivity index (χ4n) is 4.01. The molecule has 1 N–H and O–H groups in total. The maximum atomic E-state index is 12.8. The molecule has 0 aliphatic carbocycles. The third kappa shape index (κ3) is 3.75. The SMILES string of the molecule is Cc1ccc(N[C@H]2CCCN(C(=O)CN3C(=O)c4ccccc4C3=O)C2)cc1C. The van der Waals surface area contributed by atoms with Crippen LogP contribution >= 0.6 is 0 Å². The van der Waals surface area contributed by atoms with Crippen molar-refractivity contribution < 1.29 is 14.4 Å². The van der Waals surface area contributed by atoms with E-state index in [1.54, 1.807) is 29.2 Å². The van der Waals surface area contributed by atoms with Crippen molar-refractivity contribution >= 4 is 23.4 Å². The third-order valence-electron chi connectivity index (χ3n) is 5.82. The number of carbonyl (C=O) groups is 3. The summed E-state index contributed by atoms with van der Waals surface area (Å²) in [7, 11) is 0. The minimum absolute atomic E-state index is 0.150. The summed E-state index contributed by atoms with van der Waals surface area (Å²) in [6.07, 6.45) is 1.86. The molecule has 4 rings (SSSR count). The van der Waals surface area contributed by atoms with Gasteiger partial charge in [0.2, 0.25) is 5.91 Å². The van der Waals surface area contributed by atoms with Crippen LogP contribution in [0.5, 0.6) is 0 Å². The van der Waals surface area contributed by atoms with E-state index in [9.17, 15) is 14.4 Å². The number of hydrogen-bond donors (Lipinski definition) is 1. The van der Waals surface area contributed by atoms with Gasteiger partial charge in [0.15, 0.2) is 0 Å². The molecule has 1 atom stereocenters. The minimum Gasteiger partial charge on any atom is -0.381 e. The van der Waals surface area contributed by atoms with Crippen LogP contribution in [0, 0.1) is 13.8 Å². The van der Waals surface area contributed by atoms with Crippen LogP contribution in [-0.2, 0) is 4.79 Å². The predicted octanol–water partition coefficient (Wildman–Crippen LogP) is 3.00. The Hall–Kier alpha value is -3.15. The van der Waals surface area contributed by atoms with Crippen LogP contribution in [0.2, 0.25) is 0 Å². The van der Waals surface area contributed by atoms with Crippen LogP contribution in [0.1, 0.15) is 44.7 Å². The van der Waals surface area contributed by atoms with Crippen molar-refractivity contribution in [3.05, 3.63) is 64.7 Å². The lowest BCUT2D eigenvalue weighted by atomic mass is 10.0. The Labute approximate surface area is 170 Å². The van der Waals surface area contributed by atoms with Crippen LogP contribution in [0.3, 0.4) is 0 Å². The molecule has 2 aliphatic heterocycles. The average molecular weight is 391 g/mol. The van der Waals surface area contributed by atoms with Gasteiger partial charge in [-0.1, -0.05) is 18.2 Å². The number of amides is 3.